The second-order valence-electron chi connectivity index (χ2n) is 4.55. The van der Waals surface area contributed by atoms with E-state index >= 15 is 0 Å². The summed E-state index contributed by atoms with van der Waals surface area (Å²) in [6.07, 6.45) is 3.15. The minimum Gasteiger partial charge on any atom is -0.481 e. The van der Waals surface area contributed by atoms with E-state index in [9.17, 15) is 13.2 Å². The van der Waals surface area contributed by atoms with Gasteiger partial charge in [-0.3, -0.25) is 4.79 Å². The first-order valence-electron chi connectivity index (χ1n) is 6.12. The summed E-state index contributed by atoms with van der Waals surface area (Å²) in [4.78, 5) is 19.9. The van der Waals surface area contributed by atoms with Crippen molar-refractivity contribution < 1.29 is 17.9 Å². The Morgan fingerprint density at radius 2 is 2.21 bits per heavy atom. The van der Waals surface area contributed by atoms with Crippen molar-refractivity contribution >= 4 is 15.6 Å². The van der Waals surface area contributed by atoms with E-state index in [1.54, 1.807) is 6.07 Å². The van der Waals surface area contributed by atoms with Crippen LogP contribution in [0.3, 0.4) is 0 Å². The number of carbonyl (C=O) groups is 1. The molecule has 1 unspecified atom stereocenters. The number of rotatable bonds is 4. The zero-order chi connectivity index (χ0) is 13.9. The fraction of sp³-hybridized carbons (Fsp3) is 0.583. The van der Waals surface area contributed by atoms with E-state index in [-0.39, 0.29) is 18.0 Å². The maximum absolute atomic E-state index is 12.1. The largest absolute Gasteiger partial charge is 0.481 e. The van der Waals surface area contributed by atoms with Gasteiger partial charge >= 0.3 is 0 Å². The molecular formula is C12H16N2O4S. The van der Waals surface area contributed by atoms with Gasteiger partial charge in [-0.2, -0.15) is 0 Å². The van der Waals surface area contributed by atoms with Gasteiger partial charge in [0, 0.05) is 6.07 Å². The third kappa shape index (κ3) is 3.28. The number of ketones is 1. The van der Waals surface area contributed by atoms with Gasteiger partial charge in [0.15, 0.2) is 15.6 Å². The maximum atomic E-state index is 12.1. The molecule has 6 nitrogen and oxygen atoms in total. The highest BCUT2D eigenvalue weighted by molar-refractivity contribution is 7.92. The fourth-order valence-electron chi connectivity index (χ4n) is 2.19. The van der Waals surface area contributed by atoms with Crippen molar-refractivity contribution in [1.29, 1.82) is 0 Å². The molecule has 0 spiro atoms. The highest BCUT2D eigenvalue weighted by Crippen LogP contribution is 2.21. The Balaban J connectivity index is 2.12. The van der Waals surface area contributed by atoms with Crippen molar-refractivity contribution in [2.75, 3.05) is 12.9 Å². The lowest BCUT2D eigenvalue weighted by Crippen LogP contribution is -2.36. The van der Waals surface area contributed by atoms with Crippen LogP contribution in [0.5, 0.6) is 5.88 Å². The van der Waals surface area contributed by atoms with Crippen LogP contribution >= 0.6 is 0 Å². The summed E-state index contributed by atoms with van der Waals surface area (Å²) in [6.45, 7) is 0. The van der Waals surface area contributed by atoms with Gasteiger partial charge in [-0.05, 0) is 12.8 Å². The van der Waals surface area contributed by atoms with E-state index in [1.165, 1.54) is 13.4 Å². The Morgan fingerprint density at radius 1 is 1.42 bits per heavy atom. The Kier molecular flexibility index (Phi) is 4.14. The number of sulfone groups is 1. The first kappa shape index (κ1) is 13.9. The molecule has 7 heteroatoms. The fourth-order valence-corrected chi connectivity index (χ4v) is 4.09. The average molecular weight is 284 g/mol. The maximum Gasteiger partial charge on any atom is 0.216 e. The molecule has 0 N–H and O–H groups in total. The summed E-state index contributed by atoms with van der Waals surface area (Å²) in [7, 11) is -1.81. The van der Waals surface area contributed by atoms with Gasteiger partial charge < -0.3 is 4.74 Å². The Hall–Kier alpha value is -1.50. The van der Waals surface area contributed by atoms with Gasteiger partial charge in [-0.15, -0.1) is 0 Å². The lowest BCUT2D eigenvalue weighted by Gasteiger charge is -2.20. The number of aromatic nitrogens is 2. The Labute approximate surface area is 112 Å². The van der Waals surface area contributed by atoms with Crippen LogP contribution in [0.15, 0.2) is 12.4 Å². The van der Waals surface area contributed by atoms with Crippen LogP contribution in [0.4, 0.5) is 0 Å². The molecule has 1 atom stereocenters. The lowest BCUT2D eigenvalue weighted by atomic mass is 10.1. The molecule has 2 heterocycles. The van der Waals surface area contributed by atoms with Crippen LogP contribution < -0.4 is 4.74 Å². The van der Waals surface area contributed by atoms with Crippen LogP contribution in [0.2, 0.25) is 0 Å². The number of Topliss-reactive ketones (excluding diaryl/α,β-unsaturated/α-hetero) is 1. The van der Waals surface area contributed by atoms with Gasteiger partial charge in [-0.1, -0.05) is 6.42 Å². The molecule has 0 aromatic carbocycles. The Bertz CT molecular complexity index is 571. The first-order valence-corrected chi connectivity index (χ1v) is 7.83. The van der Waals surface area contributed by atoms with Crippen LogP contribution in [0.1, 0.15) is 25.0 Å². The van der Waals surface area contributed by atoms with Crippen molar-refractivity contribution in [2.45, 2.75) is 30.9 Å². The highest BCUT2D eigenvalue weighted by atomic mass is 32.2. The molecule has 0 bridgehead atoms. The molecule has 0 saturated carbocycles. The molecule has 2 rings (SSSR count). The summed E-state index contributed by atoms with van der Waals surface area (Å²) in [5.41, 5.74) is 0.484. The van der Waals surface area contributed by atoms with E-state index in [4.69, 9.17) is 4.74 Å². The number of nitrogens with zero attached hydrogens (tertiary/aromatic N) is 2. The molecule has 1 aromatic rings. The first-order chi connectivity index (χ1) is 9.03. The van der Waals surface area contributed by atoms with Gasteiger partial charge in [0.05, 0.1) is 25.0 Å². The van der Waals surface area contributed by atoms with Crippen molar-refractivity contribution in [1.82, 2.24) is 9.97 Å². The molecule has 104 valence electrons. The molecule has 0 aliphatic carbocycles. The number of methoxy groups -OCH3 is 1. The molecule has 1 saturated heterocycles. The van der Waals surface area contributed by atoms with Crippen molar-refractivity contribution in [3.63, 3.8) is 0 Å². The van der Waals surface area contributed by atoms with E-state index in [0.29, 0.717) is 24.4 Å². The molecule has 19 heavy (non-hydrogen) atoms. The number of hydrogen-bond donors (Lipinski definition) is 0. The molecule has 1 aliphatic rings. The SMILES string of the molecule is COc1cc(CC(=O)C2CCCCS2(=O)=O)ncn1. The summed E-state index contributed by atoms with van der Waals surface area (Å²) >= 11 is 0. The summed E-state index contributed by atoms with van der Waals surface area (Å²) < 4.78 is 28.7. The van der Waals surface area contributed by atoms with Crippen LogP contribution in [-0.2, 0) is 21.1 Å². The minimum atomic E-state index is -3.28. The van der Waals surface area contributed by atoms with E-state index in [1.807, 2.05) is 0 Å². The van der Waals surface area contributed by atoms with E-state index in [2.05, 4.69) is 9.97 Å². The van der Waals surface area contributed by atoms with Gasteiger partial charge in [0.25, 0.3) is 0 Å². The van der Waals surface area contributed by atoms with Crippen LogP contribution in [0, 0.1) is 0 Å². The molecule has 1 aromatic heterocycles. The number of hydrogen-bond acceptors (Lipinski definition) is 6. The standard InChI is InChI=1S/C12H16N2O4S/c1-18-12-7-9(13-8-14-12)6-10(15)11-4-2-3-5-19(11,16)17/h7-8,11H,2-6H2,1H3. The molecule has 1 fully saturated rings. The molecular weight excluding hydrogens is 268 g/mol. The van der Waals surface area contributed by atoms with Crippen LogP contribution in [-0.4, -0.2) is 42.3 Å². The van der Waals surface area contributed by atoms with Gasteiger partial charge in [0.1, 0.15) is 11.6 Å². The van der Waals surface area contributed by atoms with Gasteiger partial charge in [-0.25, -0.2) is 18.4 Å². The average Bonchev–Trinajstić information content (AvgIpc) is 2.38. The summed E-state index contributed by atoms with van der Waals surface area (Å²) in [5, 5.41) is -0.873. The number of ether oxygens (including phenoxy) is 1. The molecule has 1 aliphatic heterocycles. The quantitative estimate of drug-likeness (QED) is 0.803. The molecule has 0 amide bonds. The highest BCUT2D eigenvalue weighted by Gasteiger charge is 2.34. The van der Waals surface area contributed by atoms with Crippen molar-refractivity contribution in [3.05, 3.63) is 18.1 Å². The Morgan fingerprint density at radius 3 is 2.89 bits per heavy atom. The summed E-state index contributed by atoms with van der Waals surface area (Å²) in [5.74, 6) is 0.181. The van der Waals surface area contributed by atoms with E-state index < -0.39 is 15.1 Å². The zero-order valence-corrected chi connectivity index (χ0v) is 11.5. The van der Waals surface area contributed by atoms with Crippen molar-refractivity contribution in [3.8, 4) is 5.88 Å². The third-order valence-corrected chi connectivity index (χ3v) is 5.42. The van der Waals surface area contributed by atoms with Gasteiger partial charge in [0.2, 0.25) is 5.88 Å². The van der Waals surface area contributed by atoms with Crippen LogP contribution in [0.25, 0.3) is 0 Å². The number of carbonyl (C=O) groups excluding carboxylic acids is 1. The minimum absolute atomic E-state index is 0.00275. The topological polar surface area (TPSA) is 86.2 Å². The zero-order valence-electron chi connectivity index (χ0n) is 10.7. The smallest absolute Gasteiger partial charge is 0.216 e. The molecule has 0 radical (unpaired) electrons. The monoisotopic (exact) mass is 284 g/mol. The predicted octanol–water partition coefficient (Wildman–Crippen LogP) is 0.564. The third-order valence-electron chi connectivity index (χ3n) is 3.20. The normalized spacial score (nSPS) is 21.8. The van der Waals surface area contributed by atoms with Crippen molar-refractivity contribution in [2.24, 2.45) is 0 Å². The second kappa shape index (κ2) is 5.64. The second-order valence-corrected chi connectivity index (χ2v) is 6.85. The van der Waals surface area contributed by atoms with E-state index in [0.717, 1.165) is 6.42 Å². The lowest BCUT2D eigenvalue weighted by molar-refractivity contribution is -0.118. The summed E-state index contributed by atoms with van der Waals surface area (Å²) in [6, 6.07) is 1.55. The predicted molar refractivity (Wildman–Crippen MR) is 68.7 cm³/mol.